The van der Waals surface area contributed by atoms with Crippen molar-refractivity contribution in [2.75, 3.05) is 6.54 Å². The second-order valence-corrected chi connectivity index (χ2v) is 5.40. The van der Waals surface area contributed by atoms with E-state index in [0.717, 1.165) is 12.1 Å². The van der Waals surface area contributed by atoms with E-state index in [-0.39, 0.29) is 17.7 Å². The summed E-state index contributed by atoms with van der Waals surface area (Å²) in [5, 5.41) is 9.04. The third kappa shape index (κ3) is 4.39. The van der Waals surface area contributed by atoms with E-state index in [9.17, 15) is 13.6 Å². The molecule has 1 aliphatic rings. The predicted molar refractivity (Wildman–Crippen MR) is 73.3 cm³/mol. The van der Waals surface area contributed by atoms with E-state index in [2.05, 4.69) is 9.64 Å². The highest BCUT2D eigenvalue weighted by Crippen LogP contribution is 2.25. The number of carbonyl (C=O) groups is 1. The summed E-state index contributed by atoms with van der Waals surface area (Å²) in [4.78, 5) is 13.2. The molecule has 116 valence electrons. The number of hydrogen-bond acceptors (Lipinski definition) is 3. The number of likely N-dealkylation sites (tertiary alicyclic amines) is 1. The van der Waals surface area contributed by atoms with Gasteiger partial charge in [-0.2, -0.15) is 8.78 Å². The van der Waals surface area contributed by atoms with Gasteiger partial charge < -0.3 is 9.84 Å². The van der Waals surface area contributed by atoms with E-state index in [1.807, 2.05) is 6.92 Å². The Morgan fingerprint density at radius 3 is 2.62 bits per heavy atom. The summed E-state index contributed by atoms with van der Waals surface area (Å²) in [6.07, 6.45) is 1.29. The van der Waals surface area contributed by atoms with Gasteiger partial charge in [0.2, 0.25) is 0 Å². The minimum absolute atomic E-state index is 0.145. The molecule has 6 heteroatoms. The van der Waals surface area contributed by atoms with Gasteiger partial charge in [-0.1, -0.05) is 12.1 Å². The number of rotatable bonds is 5. The van der Waals surface area contributed by atoms with Gasteiger partial charge in [0.05, 0.1) is 5.92 Å². The van der Waals surface area contributed by atoms with Crippen molar-refractivity contribution in [3.8, 4) is 5.75 Å². The van der Waals surface area contributed by atoms with Crippen molar-refractivity contribution >= 4 is 5.97 Å². The van der Waals surface area contributed by atoms with Crippen LogP contribution >= 0.6 is 0 Å². The normalized spacial score (nSPS) is 23.2. The maximum Gasteiger partial charge on any atom is 0.387 e. The summed E-state index contributed by atoms with van der Waals surface area (Å²) in [7, 11) is 0. The topological polar surface area (TPSA) is 49.8 Å². The Labute approximate surface area is 122 Å². The summed E-state index contributed by atoms with van der Waals surface area (Å²) in [6, 6.07) is 6.75. The zero-order valence-electron chi connectivity index (χ0n) is 11.8. The molecule has 0 spiro atoms. The molecule has 0 amide bonds. The van der Waals surface area contributed by atoms with E-state index < -0.39 is 12.6 Å². The maximum atomic E-state index is 12.1. The van der Waals surface area contributed by atoms with Gasteiger partial charge in [0, 0.05) is 12.6 Å². The Bertz CT molecular complexity index is 478. The van der Waals surface area contributed by atoms with Crippen LogP contribution in [0.25, 0.3) is 0 Å². The van der Waals surface area contributed by atoms with Crippen LogP contribution in [0.2, 0.25) is 0 Å². The molecule has 1 fully saturated rings. The molecule has 0 aliphatic carbocycles. The summed E-state index contributed by atoms with van der Waals surface area (Å²) in [6.45, 7) is 0.616. The molecule has 4 nitrogen and oxygen atoms in total. The largest absolute Gasteiger partial charge is 0.481 e. The van der Waals surface area contributed by atoms with Gasteiger partial charge in [-0.15, -0.1) is 0 Å². The van der Waals surface area contributed by atoms with Crippen LogP contribution < -0.4 is 4.74 Å². The van der Waals surface area contributed by atoms with Gasteiger partial charge in [0.15, 0.2) is 0 Å². The van der Waals surface area contributed by atoms with Gasteiger partial charge in [-0.05, 0) is 44.0 Å². The molecule has 2 unspecified atom stereocenters. The number of ether oxygens (including phenoxy) is 1. The second kappa shape index (κ2) is 6.85. The number of nitrogens with zero attached hydrogens (tertiary/aromatic N) is 1. The van der Waals surface area contributed by atoms with E-state index >= 15 is 0 Å². The predicted octanol–water partition coefficient (Wildman–Crippen LogP) is 2.97. The number of halogens is 2. The van der Waals surface area contributed by atoms with Gasteiger partial charge in [0.1, 0.15) is 5.75 Å². The van der Waals surface area contributed by atoms with Crippen LogP contribution in [0.1, 0.15) is 25.3 Å². The minimum Gasteiger partial charge on any atom is -0.481 e. The second-order valence-electron chi connectivity index (χ2n) is 5.40. The molecule has 1 aromatic rings. The number of alkyl halides is 2. The smallest absolute Gasteiger partial charge is 0.387 e. The highest BCUT2D eigenvalue weighted by molar-refractivity contribution is 5.70. The van der Waals surface area contributed by atoms with Crippen molar-refractivity contribution in [1.29, 1.82) is 0 Å². The number of carboxylic acid groups (broad SMARTS) is 1. The number of piperidine rings is 1. The fraction of sp³-hybridized carbons (Fsp3) is 0.533. The Hall–Kier alpha value is -1.69. The molecule has 1 heterocycles. The van der Waals surface area contributed by atoms with Crippen LogP contribution in [-0.4, -0.2) is 35.2 Å². The zero-order chi connectivity index (χ0) is 15.4. The van der Waals surface area contributed by atoms with Crippen LogP contribution in [0.4, 0.5) is 8.78 Å². The van der Waals surface area contributed by atoms with Gasteiger partial charge in [-0.25, -0.2) is 0 Å². The summed E-state index contributed by atoms with van der Waals surface area (Å²) in [5.41, 5.74) is 0.997. The van der Waals surface area contributed by atoms with E-state index in [4.69, 9.17) is 5.11 Å². The summed E-state index contributed by atoms with van der Waals surface area (Å²) >= 11 is 0. The minimum atomic E-state index is -2.81. The fourth-order valence-corrected chi connectivity index (χ4v) is 2.69. The van der Waals surface area contributed by atoms with E-state index in [0.29, 0.717) is 19.4 Å². The average molecular weight is 299 g/mol. The molecule has 0 aromatic heterocycles. The standard InChI is InChI=1S/C15H19F2NO3/c1-10-8-12(14(19)20)6-7-18(10)9-11-2-4-13(5-3-11)21-15(16)17/h2-5,10,12,15H,6-9H2,1H3,(H,19,20). The van der Waals surface area contributed by atoms with Crippen LogP contribution in [0.5, 0.6) is 5.75 Å². The highest BCUT2D eigenvalue weighted by Gasteiger charge is 2.29. The lowest BCUT2D eigenvalue weighted by Crippen LogP contribution is -2.42. The fourth-order valence-electron chi connectivity index (χ4n) is 2.69. The number of aliphatic carboxylic acids is 1. The first-order valence-electron chi connectivity index (χ1n) is 6.96. The van der Waals surface area contributed by atoms with Crippen molar-refractivity contribution in [3.05, 3.63) is 29.8 Å². The third-order valence-electron chi connectivity index (χ3n) is 3.90. The Morgan fingerprint density at radius 1 is 1.43 bits per heavy atom. The molecule has 0 saturated carbocycles. The summed E-state index contributed by atoms with van der Waals surface area (Å²) in [5.74, 6) is -0.848. The number of benzene rings is 1. The first-order chi connectivity index (χ1) is 9.95. The SMILES string of the molecule is CC1CC(C(=O)O)CCN1Cc1ccc(OC(F)F)cc1. The molecule has 0 bridgehead atoms. The number of carboxylic acids is 1. The molecule has 1 N–H and O–H groups in total. The first-order valence-corrected chi connectivity index (χ1v) is 6.96. The molecular formula is C15H19F2NO3. The molecule has 0 radical (unpaired) electrons. The summed E-state index contributed by atoms with van der Waals surface area (Å²) < 4.78 is 28.4. The van der Waals surface area contributed by atoms with Crippen LogP contribution in [0, 0.1) is 5.92 Å². The van der Waals surface area contributed by atoms with Gasteiger partial charge in [0.25, 0.3) is 0 Å². The molecule has 1 aromatic carbocycles. The van der Waals surface area contributed by atoms with Crippen molar-refractivity contribution in [1.82, 2.24) is 4.90 Å². The third-order valence-corrected chi connectivity index (χ3v) is 3.90. The van der Waals surface area contributed by atoms with Crippen LogP contribution in [0.3, 0.4) is 0 Å². The zero-order valence-corrected chi connectivity index (χ0v) is 11.8. The van der Waals surface area contributed by atoms with Crippen molar-refractivity contribution < 1.29 is 23.4 Å². The highest BCUT2D eigenvalue weighted by atomic mass is 19.3. The van der Waals surface area contributed by atoms with Gasteiger partial charge >= 0.3 is 12.6 Å². The molecule has 2 atom stereocenters. The average Bonchev–Trinajstić information content (AvgIpc) is 2.42. The van der Waals surface area contributed by atoms with Crippen molar-refractivity contribution in [2.45, 2.75) is 39.0 Å². The molecule has 21 heavy (non-hydrogen) atoms. The van der Waals surface area contributed by atoms with Crippen molar-refractivity contribution in [2.24, 2.45) is 5.92 Å². The van der Waals surface area contributed by atoms with E-state index in [1.54, 1.807) is 12.1 Å². The quantitative estimate of drug-likeness (QED) is 0.908. The first kappa shape index (κ1) is 15.7. The monoisotopic (exact) mass is 299 g/mol. The van der Waals surface area contributed by atoms with Gasteiger partial charge in [-0.3, -0.25) is 9.69 Å². The molecule has 1 saturated heterocycles. The van der Waals surface area contributed by atoms with Crippen LogP contribution in [0.15, 0.2) is 24.3 Å². The van der Waals surface area contributed by atoms with Crippen LogP contribution in [-0.2, 0) is 11.3 Å². The Kier molecular flexibility index (Phi) is 5.12. The Morgan fingerprint density at radius 2 is 2.10 bits per heavy atom. The molecule has 1 aliphatic heterocycles. The molecular weight excluding hydrogens is 280 g/mol. The lowest BCUT2D eigenvalue weighted by Gasteiger charge is -2.36. The number of hydrogen-bond donors (Lipinski definition) is 1. The Balaban J connectivity index is 1.91. The van der Waals surface area contributed by atoms with E-state index in [1.165, 1.54) is 12.1 Å². The van der Waals surface area contributed by atoms with Crippen molar-refractivity contribution in [3.63, 3.8) is 0 Å². The lowest BCUT2D eigenvalue weighted by atomic mass is 9.91. The lowest BCUT2D eigenvalue weighted by molar-refractivity contribution is -0.144. The molecule has 2 rings (SSSR count). The maximum absolute atomic E-state index is 12.1.